The van der Waals surface area contributed by atoms with E-state index in [1.165, 1.54) is 6.92 Å². The van der Waals surface area contributed by atoms with Gasteiger partial charge in [-0.2, -0.15) is 30.4 Å². The van der Waals surface area contributed by atoms with E-state index in [1.807, 2.05) is 0 Å². The Morgan fingerprint density at radius 2 is 1.77 bits per heavy atom. The number of hydrogen-bond acceptors (Lipinski definition) is 6. The maximum absolute atomic E-state index is 13.8. The van der Waals surface area contributed by atoms with E-state index in [0.717, 1.165) is 0 Å². The largest absolute Gasteiger partial charge is 0.456 e. The zero-order valence-electron chi connectivity index (χ0n) is 15.7. The average Bonchev–Trinajstić information content (AvgIpc) is 2.93. The summed E-state index contributed by atoms with van der Waals surface area (Å²) in [6, 6.07) is 0. The molecule has 0 spiro atoms. The average molecular weight is 462 g/mol. The standard InChI is InChI=1S/C17H19F5O7S/c1-8(2)11(23)29-14-4-9-3-10(6-14)15(5-9,7-14)13(24)28-12(16(18,19)20)17(21,22)30(25,26)27/h9-10,12H,1,3-7H2,2H3,(H,25,26,27)/t9?,10?,12?,14?,15-/m0/s1. The van der Waals surface area contributed by atoms with Gasteiger partial charge in [0.1, 0.15) is 5.60 Å². The van der Waals surface area contributed by atoms with E-state index in [2.05, 4.69) is 11.3 Å². The molecule has 0 aromatic heterocycles. The summed E-state index contributed by atoms with van der Waals surface area (Å²) in [6.45, 7) is 4.84. The first kappa shape index (κ1) is 22.9. The molecule has 1 N–H and O–H groups in total. The highest BCUT2D eigenvalue weighted by Gasteiger charge is 2.72. The summed E-state index contributed by atoms with van der Waals surface area (Å²) in [7, 11) is -6.53. The summed E-state index contributed by atoms with van der Waals surface area (Å²) in [5.74, 6) is -3.16. The van der Waals surface area contributed by atoms with Gasteiger partial charge < -0.3 is 9.47 Å². The van der Waals surface area contributed by atoms with Crippen molar-refractivity contribution in [3.63, 3.8) is 0 Å². The Labute approximate surface area is 168 Å². The van der Waals surface area contributed by atoms with Crippen LogP contribution in [0.2, 0.25) is 0 Å². The van der Waals surface area contributed by atoms with Crippen molar-refractivity contribution in [1.29, 1.82) is 0 Å². The number of carbonyl (C=O) groups excluding carboxylic acids is 2. The number of ether oxygens (including phenoxy) is 2. The predicted molar refractivity (Wildman–Crippen MR) is 88.6 cm³/mol. The van der Waals surface area contributed by atoms with Crippen LogP contribution in [-0.4, -0.2) is 48.0 Å². The highest BCUT2D eigenvalue weighted by atomic mass is 32.2. The first-order chi connectivity index (χ1) is 13.4. The second-order valence-corrected chi connectivity index (χ2v) is 9.96. The minimum absolute atomic E-state index is 0.0465. The molecule has 0 saturated heterocycles. The van der Waals surface area contributed by atoms with Gasteiger partial charge in [-0.1, -0.05) is 6.58 Å². The first-order valence-corrected chi connectivity index (χ1v) is 10.4. The summed E-state index contributed by atoms with van der Waals surface area (Å²) in [4.78, 5) is 24.7. The third-order valence-electron chi connectivity index (χ3n) is 6.20. The van der Waals surface area contributed by atoms with Crippen molar-refractivity contribution in [1.82, 2.24) is 0 Å². The summed E-state index contributed by atoms with van der Waals surface area (Å²) >= 11 is 0. The third-order valence-corrected chi connectivity index (χ3v) is 7.11. The van der Waals surface area contributed by atoms with Crippen LogP contribution in [0.5, 0.6) is 0 Å². The molecule has 0 amide bonds. The van der Waals surface area contributed by atoms with Gasteiger partial charge in [0, 0.05) is 12.0 Å². The molecule has 0 radical (unpaired) electrons. The Bertz CT molecular complexity index is 899. The minimum atomic E-state index is -6.53. The van der Waals surface area contributed by atoms with Crippen molar-refractivity contribution in [3.05, 3.63) is 12.2 Å². The fraction of sp³-hybridized carbons (Fsp3) is 0.765. The van der Waals surface area contributed by atoms with E-state index >= 15 is 0 Å². The third kappa shape index (κ3) is 3.49. The van der Waals surface area contributed by atoms with Gasteiger partial charge in [-0.15, -0.1) is 0 Å². The number of hydrogen-bond donors (Lipinski definition) is 1. The van der Waals surface area contributed by atoms with Gasteiger partial charge in [-0.05, 0) is 44.4 Å². The number of halogens is 5. The molecule has 4 saturated carbocycles. The van der Waals surface area contributed by atoms with Gasteiger partial charge in [0.15, 0.2) is 0 Å². The summed E-state index contributed by atoms with van der Waals surface area (Å²) in [6.07, 6.45) is -9.61. The van der Waals surface area contributed by atoms with Crippen LogP contribution in [0.15, 0.2) is 12.2 Å². The molecule has 0 aromatic carbocycles. The van der Waals surface area contributed by atoms with Gasteiger partial charge in [-0.3, -0.25) is 9.35 Å². The van der Waals surface area contributed by atoms with Gasteiger partial charge in [0.05, 0.1) is 5.41 Å². The Morgan fingerprint density at radius 1 is 1.17 bits per heavy atom. The zero-order chi connectivity index (χ0) is 22.9. The monoisotopic (exact) mass is 462 g/mol. The van der Waals surface area contributed by atoms with Crippen molar-refractivity contribution in [2.75, 3.05) is 0 Å². The molecule has 4 fully saturated rings. The van der Waals surface area contributed by atoms with E-state index in [1.54, 1.807) is 0 Å². The Balaban J connectivity index is 1.89. The molecule has 4 aliphatic rings. The molecule has 170 valence electrons. The van der Waals surface area contributed by atoms with Gasteiger partial charge >= 0.3 is 33.5 Å². The van der Waals surface area contributed by atoms with Crippen molar-refractivity contribution in [2.24, 2.45) is 17.3 Å². The van der Waals surface area contributed by atoms with Crippen LogP contribution < -0.4 is 0 Å². The topological polar surface area (TPSA) is 107 Å². The molecule has 7 nitrogen and oxygen atoms in total. The molecule has 5 atom stereocenters. The number of carbonyl (C=O) groups is 2. The second-order valence-electron chi connectivity index (χ2n) is 8.46. The van der Waals surface area contributed by atoms with Crippen molar-refractivity contribution in [2.45, 2.75) is 62.2 Å². The molecular weight excluding hydrogens is 443 g/mol. The molecular formula is C17H19F5O7S. The van der Waals surface area contributed by atoms with Crippen molar-refractivity contribution < 1.29 is 54.0 Å². The molecule has 4 bridgehead atoms. The van der Waals surface area contributed by atoms with Crippen LogP contribution in [0, 0.1) is 17.3 Å². The van der Waals surface area contributed by atoms with E-state index in [4.69, 9.17) is 9.29 Å². The smallest absolute Gasteiger partial charge is 0.432 e. The SMILES string of the molecule is C=C(C)C(=O)OC12CC3CC(C1)[C@](C(=O)OC(C(F)(F)F)C(F)(F)S(=O)(=O)O)(C3)C2. The van der Waals surface area contributed by atoms with Crippen LogP contribution in [0.4, 0.5) is 22.0 Å². The van der Waals surface area contributed by atoms with E-state index in [9.17, 15) is 40.0 Å². The lowest BCUT2D eigenvalue weighted by Gasteiger charge is -2.40. The van der Waals surface area contributed by atoms with Gasteiger partial charge in [-0.25, -0.2) is 4.79 Å². The van der Waals surface area contributed by atoms with Crippen LogP contribution in [-0.2, 0) is 29.2 Å². The lowest BCUT2D eigenvalue weighted by molar-refractivity contribution is -0.263. The maximum Gasteiger partial charge on any atom is 0.432 e. The summed E-state index contributed by atoms with van der Waals surface area (Å²) in [5, 5.41) is -5.79. The maximum atomic E-state index is 13.8. The number of esters is 2. The minimum Gasteiger partial charge on any atom is -0.456 e. The molecule has 0 heterocycles. The van der Waals surface area contributed by atoms with Crippen molar-refractivity contribution in [3.8, 4) is 0 Å². The van der Waals surface area contributed by atoms with Crippen LogP contribution >= 0.6 is 0 Å². The lowest BCUT2D eigenvalue weighted by atomic mass is 9.73. The summed E-state index contributed by atoms with van der Waals surface area (Å²) < 4.78 is 107. The molecule has 4 unspecified atom stereocenters. The molecule has 4 aliphatic carbocycles. The zero-order valence-corrected chi connectivity index (χ0v) is 16.5. The van der Waals surface area contributed by atoms with E-state index in [0.29, 0.717) is 12.8 Å². The normalized spacial score (nSPS) is 34.0. The second kappa shape index (κ2) is 6.62. The van der Waals surface area contributed by atoms with Gasteiger partial charge in [0.25, 0.3) is 6.10 Å². The highest BCUT2D eigenvalue weighted by Crippen LogP contribution is 2.68. The highest BCUT2D eigenvalue weighted by molar-refractivity contribution is 7.86. The van der Waals surface area contributed by atoms with Gasteiger partial charge in [0.2, 0.25) is 0 Å². The lowest BCUT2D eigenvalue weighted by Crippen LogP contribution is -2.54. The molecule has 4 rings (SSSR count). The van der Waals surface area contributed by atoms with Crippen LogP contribution in [0.1, 0.15) is 39.0 Å². The Morgan fingerprint density at radius 3 is 2.27 bits per heavy atom. The first-order valence-electron chi connectivity index (χ1n) is 8.95. The van der Waals surface area contributed by atoms with E-state index in [-0.39, 0.29) is 30.8 Å². The van der Waals surface area contributed by atoms with E-state index < -0.39 is 56.5 Å². The van der Waals surface area contributed by atoms with Crippen LogP contribution in [0.25, 0.3) is 0 Å². The Kier molecular flexibility index (Phi) is 5.05. The number of alkyl halides is 5. The molecule has 0 aliphatic heterocycles. The Hall–Kier alpha value is -1.76. The van der Waals surface area contributed by atoms with Crippen LogP contribution in [0.3, 0.4) is 0 Å². The fourth-order valence-corrected chi connectivity index (χ4v) is 5.68. The quantitative estimate of drug-likeness (QED) is 0.280. The summed E-state index contributed by atoms with van der Waals surface area (Å²) in [5.41, 5.74) is -2.69. The number of rotatable bonds is 6. The predicted octanol–water partition coefficient (Wildman–Crippen LogP) is 3.01. The molecule has 13 heteroatoms. The molecule has 30 heavy (non-hydrogen) atoms. The van der Waals surface area contributed by atoms with Crippen molar-refractivity contribution >= 4 is 22.1 Å². The fourth-order valence-electron chi connectivity index (χ4n) is 5.23. The molecule has 0 aromatic rings.